The quantitative estimate of drug-likeness (QED) is 0.446. The average Bonchev–Trinajstić information content (AvgIpc) is 2.75. The molecule has 0 aliphatic heterocycles. The zero-order chi connectivity index (χ0) is 23.4. The normalized spacial score (nSPS) is 14.5. The molecule has 7 heteroatoms. The van der Waals surface area contributed by atoms with Crippen molar-refractivity contribution in [1.82, 2.24) is 0 Å². The van der Waals surface area contributed by atoms with Crippen molar-refractivity contribution in [2.75, 3.05) is 7.11 Å². The molecule has 0 saturated heterocycles. The Labute approximate surface area is 183 Å². The molecule has 0 amide bonds. The van der Waals surface area contributed by atoms with E-state index in [9.17, 15) is 19.2 Å². The lowest BCUT2D eigenvalue weighted by atomic mass is 9.81. The van der Waals surface area contributed by atoms with Crippen molar-refractivity contribution in [1.29, 1.82) is 0 Å². The van der Waals surface area contributed by atoms with Crippen LogP contribution in [0.4, 0.5) is 0 Å². The maximum atomic E-state index is 13.6. The standard InChI is InChI=1S/C25H22O7/c1-6-25(4,32-13(3)26)18-11-16(27)19-12(2)10-15-21(24(19)31-18)23(29)20-14(22(15)28)8-7-9-17(20)30-5/h7-11H,6H2,1-5H3. The fraction of sp³-hybridized carbons (Fsp3) is 0.280. The highest BCUT2D eigenvalue weighted by Gasteiger charge is 2.37. The van der Waals surface area contributed by atoms with Crippen LogP contribution in [0.3, 0.4) is 0 Å². The molecule has 1 unspecified atom stereocenters. The van der Waals surface area contributed by atoms with Gasteiger partial charge in [0, 0.05) is 24.1 Å². The molecule has 0 bridgehead atoms. The van der Waals surface area contributed by atoms with E-state index in [1.165, 1.54) is 20.1 Å². The lowest BCUT2D eigenvalue weighted by molar-refractivity contribution is -0.158. The molecule has 2 aromatic carbocycles. The van der Waals surface area contributed by atoms with Crippen molar-refractivity contribution in [3.05, 3.63) is 74.1 Å². The van der Waals surface area contributed by atoms with E-state index >= 15 is 0 Å². The Morgan fingerprint density at radius 1 is 1.06 bits per heavy atom. The highest BCUT2D eigenvalue weighted by atomic mass is 16.6. The van der Waals surface area contributed by atoms with Gasteiger partial charge in [0.2, 0.25) is 5.78 Å². The number of carbonyl (C=O) groups excluding carboxylic acids is 3. The number of hydrogen-bond donors (Lipinski definition) is 0. The zero-order valence-electron chi connectivity index (χ0n) is 18.5. The summed E-state index contributed by atoms with van der Waals surface area (Å²) in [5, 5.41) is 0.202. The number of aryl methyl sites for hydroxylation is 1. The number of ether oxygens (including phenoxy) is 2. The van der Waals surface area contributed by atoms with Crippen molar-refractivity contribution in [3.8, 4) is 5.75 Å². The van der Waals surface area contributed by atoms with E-state index in [4.69, 9.17) is 13.9 Å². The summed E-state index contributed by atoms with van der Waals surface area (Å²) in [7, 11) is 1.42. The van der Waals surface area contributed by atoms with E-state index in [1.54, 1.807) is 45.0 Å². The van der Waals surface area contributed by atoms with E-state index in [2.05, 4.69) is 0 Å². The second kappa shape index (κ2) is 7.44. The lowest BCUT2D eigenvalue weighted by Gasteiger charge is -2.27. The van der Waals surface area contributed by atoms with E-state index < -0.39 is 17.4 Å². The van der Waals surface area contributed by atoms with Gasteiger partial charge in [-0.05, 0) is 38.0 Å². The van der Waals surface area contributed by atoms with Gasteiger partial charge < -0.3 is 13.9 Å². The van der Waals surface area contributed by atoms with Crippen LogP contribution in [0.15, 0.2) is 39.5 Å². The van der Waals surface area contributed by atoms with Crippen LogP contribution in [-0.2, 0) is 15.1 Å². The van der Waals surface area contributed by atoms with Crippen LogP contribution in [-0.4, -0.2) is 24.6 Å². The molecule has 4 rings (SSSR count). The summed E-state index contributed by atoms with van der Waals surface area (Å²) < 4.78 is 16.9. The first-order valence-corrected chi connectivity index (χ1v) is 10.2. The predicted octanol–water partition coefficient (Wildman–Crippen LogP) is 4.07. The summed E-state index contributed by atoms with van der Waals surface area (Å²) in [4.78, 5) is 51.7. The smallest absolute Gasteiger partial charge is 0.303 e. The molecule has 0 radical (unpaired) electrons. The summed E-state index contributed by atoms with van der Waals surface area (Å²) in [5.74, 6) is -0.996. The van der Waals surface area contributed by atoms with E-state index in [1.807, 2.05) is 0 Å². The third-order valence-electron chi connectivity index (χ3n) is 5.95. The number of ketones is 2. The molecule has 32 heavy (non-hydrogen) atoms. The van der Waals surface area contributed by atoms with Crippen molar-refractivity contribution >= 4 is 28.5 Å². The van der Waals surface area contributed by atoms with Gasteiger partial charge in [0.05, 0.1) is 23.6 Å². The molecular weight excluding hydrogens is 412 g/mol. The molecule has 0 spiro atoms. The minimum atomic E-state index is -1.22. The third-order valence-corrected chi connectivity index (χ3v) is 5.95. The summed E-state index contributed by atoms with van der Waals surface area (Å²) in [6, 6.07) is 7.63. The molecule has 1 aliphatic carbocycles. The van der Waals surface area contributed by atoms with Crippen molar-refractivity contribution in [3.63, 3.8) is 0 Å². The van der Waals surface area contributed by atoms with Crippen LogP contribution in [0.2, 0.25) is 0 Å². The minimum Gasteiger partial charge on any atom is -0.496 e. The molecule has 1 aromatic heterocycles. The maximum Gasteiger partial charge on any atom is 0.303 e. The van der Waals surface area contributed by atoms with Gasteiger partial charge in [-0.15, -0.1) is 0 Å². The minimum absolute atomic E-state index is 0.00392. The fourth-order valence-corrected chi connectivity index (χ4v) is 4.20. The lowest BCUT2D eigenvalue weighted by Crippen LogP contribution is -2.29. The van der Waals surface area contributed by atoms with E-state index in [0.717, 1.165) is 0 Å². The number of rotatable bonds is 4. The molecule has 0 fully saturated rings. The number of methoxy groups -OCH3 is 1. The number of carbonyl (C=O) groups is 3. The summed E-state index contributed by atoms with van der Waals surface area (Å²) in [5.41, 5.74) is -0.561. The molecule has 164 valence electrons. The molecule has 1 atom stereocenters. The highest BCUT2D eigenvalue weighted by molar-refractivity contribution is 6.32. The summed E-state index contributed by atoms with van der Waals surface area (Å²) in [6.07, 6.45) is 0.332. The molecule has 0 saturated carbocycles. The highest BCUT2D eigenvalue weighted by Crippen LogP contribution is 2.39. The van der Waals surface area contributed by atoms with Gasteiger partial charge in [0.1, 0.15) is 5.75 Å². The Bertz CT molecular complexity index is 1380. The van der Waals surface area contributed by atoms with E-state index in [0.29, 0.717) is 12.0 Å². The SMILES string of the molecule is CCC(C)(OC(C)=O)c1cc(=O)c2c(C)cc3c(c2o1)C(=O)c1c(OC)cccc1C3=O. The largest absolute Gasteiger partial charge is 0.496 e. The molecule has 1 aliphatic rings. The van der Waals surface area contributed by atoms with Gasteiger partial charge in [0.25, 0.3) is 0 Å². The number of fused-ring (bicyclic) bond motifs is 4. The second-order valence-electron chi connectivity index (χ2n) is 8.01. The number of benzene rings is 2. The topological polar surface area (TPSA) is 99.9 Å². The van der Waals surface area contributed by atoms with Crippen molar-refractivity contribution in [2.24, 2.45) is 0 Å². The first kappa shape index (κ1) is 21.5. The van der Waals surface area contributed by atoms with Gasteiger partial charge in [-0.25, -0.2) is 0 Å². The molecule has 1 heterocycles. The Kier molecular flexibility index (Phi) is 5.00. The molecule has 0 N–H and O–H groups in total. The van der Waals surface area contributed by atoms with Gasteiger partial charge in [0.15, 0.2) is 28.2 Å². The maximum absolute atomic E-state index is 13.6. The van der Waals surface area contributed by atoms with Crippen molar-refractivity contribution in [2.45, 2.75) is 39.7 Å². The fourth-order valence-electron chi connectivity index (χ4n) is 4.20. The van der Waals surface area contributed by atoms with Crippen LogP contribution < -0.4 is 10.2 Å². The van der Waals surface area contributed by atoms with Crippen LogP contribution in [0.25, 0.3) is 11.0 Å². The van der Waals surface area contributed by atoms with Gasteiger partial charge in [-0.1, -0.05) is 19.1 Å². The Hall–Kier alpha value is -3.74. The zero-order valence-corrected chi connectivity index (χ0v) is 18.5. The predicted molar refractivity (Wildman–Crippen MR) is 116 cm³/mol. The van der Waals surface area contributed by atoms with Crippen LogP contribution >= 0.6 is 0 Å². The third kappa shape index (κ3) is 3.04. The van der Waals surface area contributed by atoms with Gasteiger partial charge in [-0.2, -0.15) is 0 Å². The Morgan fingerprint density at radius 2 is 1.78 bits per heavy atom. The molecular formula is C25H22O7. The number of hydrogen-bond acceptors (Lipinski definition) is 7. The number of esters is 1. The van der Waals surface area contributed by atoms with Crippen LogP contribution in [0.1, 0.15) is 70.4 Å². The average molecular weight is 434 g/mol. The van der Waals surface area contributed by atoms with E-state index in [-0.39, 0.29) is 55.9 Å². The van der Waals surface area contributed by atoms with Crippen LogP contribution in [0.5, 0.6) is 5.75 Å². The molecule has 7 nitrogen and oxygen atoms in total. The Balaban J connectivity index is 2.10. The summed E-state index contributed by atoms with van der Waals surface area (Å²) in [6.45, 7) is 6.37. The Morgan fingerprint density at radius 3 is 2.41 bits per heavy atom. The van der Waals surface area contributed by atoms with Crippen molar-refractivity contribution < 1.29 is 28.3 Å². The molecule has 3 aromatic rings. The second-order valence-corrected chi connectivity index (χ2v) is 8.01. The summed E-state index contributed by atoms with van der Waals surface area (Å²) >= 11 is 0. The first-order valence-electron chi connectivity index (χ1n) is 10.2. The monoisotopic (exact) mass is 434 g/mol. The van der Waals surface area contributed by atoms with Gasteiger partial charge in [-0.3, -0.25) is 19.2 Å². The van der Waals surface area contributed by atoms with Gasteiger partial charge >= 0.3 is 5.97 Å². The van der Waals surface area contributed by atoms with Crippen LogP contribution in [0, 0.1) is 6.92 Å². The first-order chi connectivity index (χ1) is 15.1.